The molecule has 1 aromatic carbocycles. The van der Waals surface area contributed by atoms with Crippen LogP contribution in [0.25, 0.3) is 0 Å². The van der Waals surface area contributed by atoms with Gasteiger partial charge in [-0.15, -0.1) is 0 Å². The standard InChI is InChI=1S/C12H16O4S/c1-9-6-7-11(17(13,14)15)8-12(9)16-10-4-2-3-5-10/h6-8,10H,2-5H2,1H3,(H,13,14,15). The van der Waals surface area contributed by atoms with Crippen molar-refractivity contribution in [2.75, 3.05) is 0 Å². The van der Waals surface area contributed by atoms with Crippen LogP contribution in [0, 0.1) is 6.92 Å². The predicted molar refractivity (Wildman–Crippen MR) is 63.9 cm³/mol. The van der Waals surface area contributed by atoms with E-state index < -0.39 is 10.1 Å². The van der Waals surface area contributed by atoms with E-state index in [-0.39, 0.29) is 11.0 Å². The van der Waals surface area contributed by atoms with Crippen LogP contribution in [0.2, 0.25) is 0 Å². The number of benzene rings is 1. The van der Waals surface area contributed by atoms with Crippen LogP contribution in [0.3, 0.4) is 0 Å². The minimum absolute atomic E-state index is 0.115. The maximum Gasteiger partial charge on any atom is 0.294 e. The van der Waals surface area contributed by atoms with Crippen LogP contribution >= 0.6 is 0 Å². The molecule has 1 N–H and O–H groups in total. The van der Waals surface area contributed by atoms with Crippen molar-refractivity contribution in [3.05, 3.63) is 23.8 Å². The Labute approximate surface area is 101 Å². The molecule has 5 heteroatoms. The van der Waals surface area contributed by atoms with Crippen LogP contribution in [0.5, 0.6) is 5.75 Å². The van der Waals surface area contributed by atoms with Crippen molar-refractivity contribution in [2.24, 2.45) is 0 Å². The summed E-state index contributed by atoms with van der Waals surface area (Å²) in [6, 6.07) is 4.42. The number of ether oxygens (including phenoxy) is 1. The largest absolute Gasteiger partial charge is 0.490 e. The van der Waals surface area contributed by atoms with Gasteiger partial charge in [-0.25, -0.2) is 0 Å². The second kappa shape index (κ2) is 4.66. The molecule has 94 valence electrons. The van der Waals surface area contributed by atoms with Crippen molar-refractivity contribution < 1.29 is 17.7 Å². The first-order valence-electron chi connectivity index (χ1n) is 5.71. The van der Waals surface area contributed by atoms with Crippen molar-refractivity contribution in [3.8, 4) is 5.75 Å². The maximum absolute atomic E-state index is 11.0. The fourth-order valence-electron chi connectivity index (χ4n) is 2.05. The molecule has 17 heavy (non-hydrogen) atoms. The van der Waals surface area contributed by atoms with E-state index in [1.807, 2.05) is 6.92 Å². The minimum Gasteiger partial charge on any atom is -0.490 e. The average Bonchev–Trinajstić information content (AvgIpc) is 2.72. The van der Waals surface area contributed by atoms with Gasteiger partial charge in [0, 0.05) is 6.07 Å². The molecule has 1 aromatic rings. The van der Waals surface area contributed by atoms with Crippen molar-refractivity contribution in [1.29, 1.82) is 0 Å². The van der Waals surface area contributed by atoms with Gasteiger partial charge >= 0.3 is 0 Å². The Balaban J connectivity index is 2.26. The molecule has 0 unspecified atom stereocenters. The first-order chi connectivity index (χ1) is 7.97. The summed E-state index contributed by atoms with van der Waals surface area (Å²) in [5.74, 6) is 0.548. The molecule has 0 aromatic heterocycles. The molecule has 1 aliphatic rings. The topological polar surface area (TPSA) is 63.6 Å². The lowest BCUT2D eigenvalue weighted by atomic mass is 10.2. The summed E-state index contributed by atoms with van der Waals surface area (Å²) in [6.45, 7) is 1.86. The van der Waals surface area contributed by atoms with Crippen molar-refractivity contribution in [1.82, 2.24) is 0 Å². The zero-order valence-corrected chi connectivity index (χ0v) is 10.5. The predicted octanol–water partition coefficient (Wildman–Crippen LogP) is 2.56. The van der Waals surface area contributed by atoms with E-state index in [2.05, 4.69) is 0 Å². The third-order valence-corrected chi connectivity index (χ3v) is 3.90. The molecule has 0 amide bonds. The van der Waals surface area contributed by atoms with E-state index in [0.717, 1.165) is 31.2 Å². The summed E-state index contributed by atoms with van der Waals surface area (Å²) >= 11 is 0. The van der Waals surface area contributed by atoms with Gasteiger partial charge in [0.1, 0.15) is 5.75 Å². The summed E-state index contributed by atoms with van der Waals surface area (Å²) in [7, 11) is -4.16. The van der Waals surface area contributed by atoms with E-state index in [4.69, 9.17) is 9.29 Å². The zero-order valence-electron chi connectivity index (χ0n) is 9.72. The van der Waals surface area contributed by atoms with Gasteiger partial charge in [-0.2, -0.15) is 8.42 Å². The molecule has 1 aliphatic carbocycles. The Morgan fingerprint density at radius 3 is 2.53 bits per heavy atom. The zero-order chi connectivity index (χ0) is 12.5. The number of aryl methyl sites for hydroxylation is 1. The second-order valence-electron chi connectivity index (χ2n) is 4.43. The monoisotopic (exact) mass is 256 g/mol. The van der Waals surface area contributed by atoms with Crippen LogP contribution in [0.1, 0.15) is 31.2 Å². The highest BCUT2D eigenvalue weighted by atomic mass is 32.2. The number of hydrogen-bond acceptors (Lipinski definition) is 3. The number of hydrogen-bond donors (Lipinski definition) is 1. The third-order valence-electron chi connectivity index (χ3n) is 3.05. The Hall–Kier alpha value is -1.07. The van der Waals surface area contributed by atoms with E-state index in [0.29, 0.717) is 5.75 Å². The fraction of sp³-hybridized carbons (Fsp3) is 0.500. The average molecular weight is 256 g/mol. The van der Waals surface area contributed by atoms with Crippen LogP contribution in [-0.4, -0.2) is 19.1 Å². The van der Waals surface area contributed by atoms with Crippen molar-refractivity contribution >= 4 is 10.1 Å². The molecule has 0 heterocycles. The lowest BCUT2D eigenvalue weighted by molar-refractivity contribution is 0.208. The molecular weight excluding hydrogens is 240 g/mol. The van der Waals surface area contributed by atoms with Crippen molar-refractivity contribution in [2.45, 2.75) is 43.6 Å². The minimum atomic E-state index is -4.16. The molecular formula is C12H16O4S. The van der Waals surface area contributed by atoms with Gasteiger partial charge in [0.25, 0.3) is 10.1 Å². The molecule has 0 atom stereocenters. The summed E-state index contributed by atoms with van der Waals surface area (Å²) in [6.07, 6.45) is 4.50. The summed E-state index contributed by atoms with van der Waals surface area (Å²) < 4.78 is 36.8. The van der Waals surface area contributed by atoms with Gasteiger partial charge in [-0.1, -0.05) is 6.07 Å². The lowest BCUT2D eigenvalue weighted by Crippen LogP contribution is -2.12. The summed E-state index contributed by atoms with van der Waals surface area (Å²) in [5, 5.41) is 0. The molecule has 1 fully saturated rings. The Kier molecular flexibility index (Phi) is 3.40. The highest BCUT2D eigenvalue weighted by Gasteiger charge is 2.19. The highest BCUT2D eigenvalue weighted by molar-refractivity contribution is 7.85. The summed E-state index contributed by atoms with van der Waals surface area (Å²) in [5.41, 5.74) is 0.879. The van der Waals surface area contributed by atoms with Gasteiger partial charge in [0.05, 0.1) is 11.0 Å². The maximum atomic E-state index is 11.0. The van der Waals surface area contributed by atoms with Crippen LogP contribution < -0.4 is 4.74 Å². The van der Waals surface area contributed by atoms with E-state index >= 15 is 0 Å². The molecule has 4 nitrogen and oxygen atoms in total. The quantitative estimate of drug-likeness (QED) is 0.844. The molecule has 0 spiro atoms. The van der Waals surface area contributed by atoms with E-state index in [1.54, 1.807) is 6.07 Å². The van der Waals surface area contributed by atoms with Gasteiger partial charge in [-0.05, 0) is 44.2 Å². The Bertz CT molecular complexity index is 501. The van der Waals surface area contributed by atoms with Crippen molar-refractivity contribution in [3.63, 3.8) is 0 Å². The normalized spacial score (nSPS) is 17.3. The lowest BCUT2D eigenvalue weighted by Gasteiger charge is -2.15. The first-order valence-corrected chi connectivity index (χ1v) is 7.15. The van der Waals surface area contributed by atoms with Gasteiger partial charge in [0.2, 0.25) is 0 Å². The van der Waals surface area contributed by atoms with Crippen LogP contribution in [-0.2, 0) is 10.1 Å². The Morgan fingerprint density at radius 1 is 1.29 bits per heavy atom. The SMILES string of the molecule is Cc1ccc(S(=O)(=O)O)cc1OC1CCCC1. The third kappa shape index (κ3) is 2.98. The van der Waals surface area contributed by atoms with E-state index in [9.17, 15) is 8.42 Å². The smallest absolute Gasteiger partial charge is 0.294 e. The molecule has 1 saturated carbocycles. The Morgan fingerprint density at radius 2 is 1.94 bits per heavy atom. The molecule has 2 rings (SSSR count). The van der Waals surface area contributed by atoms with Gasteiger partial charge < -0.3 is 4.74 Å². The summed E-state index contributed by atoms with van der Waals surface area (Å²) in [4.78, 5) is -0.115. The van der Waals surface area contributed by atoms with Crippen LogP contribution in [0.4, 0.5) is 0 Å². The second-order valence-corrected chi connectivity index (χ2v) is 5.85. The molecule has 0 bridgehead atoms. The first kappa shape index (κ1) is 12.4. The molecule has 0 aliphatic heterocycles. The van der Waals surface area contributed by atoms with Gasteiger partial charge in [-0.3, -0.25) is 4.55 Å². The fourth-order valence-corrected chi connectivity index (χ4v) is 2.55. The number of rotatable bonds is 3. The van der Waals surface area contributed by atoms with Gasteiger partial charge in [0.15, 0.2) is 0 Å². The van der Waals surface area contributed by atoms with Crippen LogP contribution in [0.15, 0.2) is 23.1 Å². The van der Waals surface area contributed by atoms with E-state index in [1.165, 1.54) is 12.1 Å². The highest BCUT2D eigenvalue weighted by Crippen LogP contribution is 2.28. The molecule has 0 saturated heterocycles. The molecule has 0 radical (unpaired) electrons.